The first-order chi connectivity index (χ1) is 8.68. The van der Waals surface area contributed by atoms with Gasteiger partial charge in [-0.2, -0.15) is 0 Å². The molecule has 2 heteroatoms. The summed E-state index contributed by atoms with van der Waals surface area (Å²) in [5, 5.41) is 3.50. The summed E-state index contributed by atoms with van der Waals surface area (Å²) in [5.74, 6) is 0. The maximum atomic E-state index is 3.50. The normalized spacial score (nSPS) is 29.4. The smallest absolute Gasteiger partial charge is 0.0233 e. The predicted octanol–water partition coefficient (Wildman–Crippen LogP) is 2.90. The Morgan fingerprint density at radius 2 is 2.06 bits per heavy atom. The van der Waals surface area contributed by atoms with Crippen LogP contribution < -0.4 is 5.32 Å². The highest BCUT2D eigenvalue weighted by Gasteiger charge is 2.37. The minimum atomic E-state index is 0.405. The third-order valence-electron chi connectivity index (χ3n) is 4.57. The second-order valence-corrected chi connectivity index (χ2v) is 5.83. The highest BCUT2D eigenvalue weighted by Crippen LogP contribution is 2.33. The van der Waals surface area contributed by atoms with Crippen molar-refractivity contribution in [2.75, 3.05) is 20.1 Å². The molecule has 18 heavy (non-hydrogen) atoms. The van der Waals surface area contributed by atoms with Gasteiger partial charge in [0.05, 0.1) is 0 Å². The average Bonchev–Trinajstić information content (AvgIpc) is 2.40. The Balaban J connectivity index is 2.01. The molecular formula is C16H26N2. The molecule has 1 saturated heterocycles. The second kappa shape index (κ2) is 5.85. The maximum absolute atomic E-state index is 3.50. The summed E-state index contributed by atoms with van der Waals surface area (Å²) < 4.78 is 0. The second-order valence-electron chi connectivity index (χ2n) is 5.83. The third-order valence-corrected chi connectivity index (χ3v) is 4.57. The Morgan fingerprint density at radius 1 is 1.33 bits per heavy atom. The topological polar surface area (TPSA) is 15.3 Å². The molecule has 1 heterocycles. The molecular weight excluding hydrogens is 220 g/mol. The van der Waals surface area contributed by atoms with Crippen LogP contribution in [0.4, 0.5) is 0 Å². The van der Waals surface area contributed by atoms with Crippen molar-refractivity contribution in [2.24, 2.45) is 5.41 Å². The SMILES string of the molecule is CCC1(C)CN(Cc2ccccc2)CCC1NC. The van der Waals surface area contributed by atoms with Crippen LogP contribution in [-0.2, 0) is 6.54 Å². The van der Waals surface area contributed by atoms with Gasteiger partial charge >= 0.3 is 0 Å². The molecule has 2 unspecified atom stereocenters. The van der Waals surface area contributed by atoms with Gasteiger partial charge in [0.25, 0.3) is 0 Å². The van der Waals surface area contributed by atoms with E-state index in [0.717, 1.165) is 6.54 Å². The van der Waals surface area contributed by atoms with Crippen LogP contribution in [0.3, 0.4) is 0 Å². The Morgan fingerprint density at radius 3 is 2.67 bits per heavy atom. The molecule has 2 rings (SSSR count). The van der Waals surface area contributed by atoms with Crippen LogP contribution in [0.5, 0.6) is 0 Å². The van der Waals surface area contributed by atoms with Crippen molar-refractivity contribution in [1.82, 2.24) is 10.2 Å². The lowest BCUT2D eigenvalue weighted by atomic mass is 9.75. The van der Waals surface area contributed by atoms with Gasteiger partial charge in [-0.3, -0.25) is 4.90 Å². The van der Waals surface area contributed by atoms with E-state index >= 15 is 0 Å². The molecule has 1 aromatic rings. The minimum absolute atomic E-state index is 0.405. The van der Waals surface area contributed by atoms with Crippen molar-refractivity contribution in [1.29, 1.82) is 0 Å². The van der Waals surface area contributed by atoms with E-state index in [4.69, 9.17) is 0 Å². The van der Waals surface area contributed by atoms with Gasteiger partial charge in [0, 0.05) is 25.7 Å². The van der Waals surface area contributed by atoms with Crippen molar-refractivity contribution >= 4 is 0 Å². The van der Waals surface area contributed by atoms with Gasteiger partial charge in [0.1, 0.15) is 0 Å². The summed E-state index contributed by atoms with van der Waals surface area (Å²) in [6.07, 6.45) is 2.50. The van der Waals surface area contributed by atoms with Crippen LogP contribution in [0.25, 0.3) is 0 Å². The third kappa shape index (κ3) is 2.93. The fourth-order valence-electron chi connectivity index (χ4n) is 3.19. The molecule has 0 aromatic heterocycles. The quantitative estimate of drug-likeness (QED) is 0.879. The van der Waals surface area contributed by atoms with E-state index in [9.17, 15) is 0 Å². The number of rotatable bonds is 4. The zero-order valence-electron chi connectivity index (χ0n) is 11.9. The lowest BCUT2D eigenvalue weighted by Gasteiger charge is -2.46. The van der Waals surface area contributed by atoms with Gasteiger partial charge < -0.3 is 5.32 Å². The lowest BCUT2D eigenvalue weighted by molar-refractivity contribution is 0.0590. The molecule has 0 radical (unpaired) electrons. The van der Waals surface area contributed by atoms with Crippen molar-refractivity contribution in [3.63, 3.8) is 0 Å². The van der Waals surface area contributed by atoms with E-state index in [-0.39, 0.29) is 0 Å². The van der Waals surface area contributed by atoms with Crippen molar-refractivity contribution in [3.05, 3.63) is 35.9 Å². The number of benzene rings is 1. The van der Waals surface area contributed by atoms with E-state index in [1.54, 1.807) is 0 Å². The Bertz CT molecular complexity index is 363. The Hall–Kier alpha value is -0.860. The van der Waals surface area contributed by atoms with Crippen LogP contribution >= 0.6 is 0 Å². The first-order valence-corrected chi connectivity index (χ1v) is 7.11. The van der Waals surface area contributed by atoms with E-state index in [2.05, 4.69) is 61.4 Å². The molecule has 0 bridgehead atoms. The van der Waals surface area contributed by atoms with Crippen molar-refractivity contribution < 1.29 is 0 Å². The number of hydrogen-bond acceptors (Lipinski definition) is 2. The first-order valence-electron chi connectivity index (χ1n) is 7.11. The van der Waals surface area contributed by atoms with Crippen LogP contribution in [0.15, 0.2) is 30.3 Å². The highest BCUT2D eigenvalue weighted by molar-refractivity contribution is 5.14. The summed E-state index contributed by atoms with van der Waals surface area (Å²) in [5.41, 5.74) is 1.83. The first kappa shape index (κ1) is 13.6. The average molecular weight is 246 g/mol. The largest absolute Gasteiger partial charge is 0.316 e. The van der Waals surface area contributed by atoms with Gasteiger partial charge in [-0.25, -0.2) is 0 Å². The van der Waals surface area contributed by atoms with E-state index in [1.165, 1.54) is 31.5 Å². The van der Waals surface area contributed by atoms with E-state index in [1.807, 2.05) is 0 Å². The van der Waals surface area contributed by atoms with Gasteiger partial charge in [-0.15, -0.1) is 0 Å². The molecule has 1 N–H and O–H groups in total. The monoisotopic (exact) mass is 246 g/mol. The summed E-state index contributed by atoms with van der Waals surface area (Å²) in [6, 6.07) is 11.5. The van der Waals surface area contributed by atoms with Gasteiger partial charge in [0.2, 0.25) is 0 Å². The van der Waals surface area contributed by atoms with Gasteiger partial charge in [0.15, 0.2) is 0 Å². The fourth-order valence-corrected chi connectivity index (χ4v) is 3.19. The molecule has 1 aromatic carbocycles. The van der Waals surface area contributed by atoms with E-state index < -0.39 is 0 Å². The van der Waals surface area contributed by atoms with Crippen LogP contribution in [-0.4, -0.2) is 31.1 Å². The number of piperidine rings is 1. The van der Waals surface area contributed by atoms with Gasteiger partial charge in [-0.05, 0) is 30.9 Å². The van der Waals surface area contributed by atoms with Crippen LogP contribution in [0.2, 0.25) is 0 Å². The molecule has 0 spiro atoms. The van der Waals surface area contributed by atoms with Crippen molar-refractivity contribution in [3.8, 4) is 0 Å². The van der Waals surface area contributed by atoms with Gasteiger partial charge in [-0.1, -0.05) is 44.2 Å². The fraction of sp³-hybridized carbons (Fsp3) is 0.625. The van der Waals surface area contributed by atoms with Crippen LogP contribution in [0, 0.1) is 5.41 Å². The zero-order chi connectivity index (χ0) is 13.0. The number of hydrogen-bond donors (Lipinski definition) is 1. The number of likely N-dealkylation sites (tertiary alicyclic amines) is 1. The molecule has 2 atom stereocenters. The summed E-state index contributed by atoms with van der Waals surface area (Å²) in [7, 11) is 2.10. The Kier molecular flexibility index (Phi) is 4.41. The molecule has 0 amide bonds. The lowest BCUT2D eigenvalue weighted by Crippen LogP contribution is -2.54. The highest BCUT2D eigenvalue weighted by atomic mass is 15.2. The Labute approximate surface area is 111 Å². The molecule has 2 nitrogen and oxygen atoms in total. The van der Waals surface area contributed by atoms with Crippen molar-refractivity contribution in [2.45, 2.75) is 39.3 Å². The molecule has 0 saturated carbocycles. The van der Waals surface area contributed by atoms with Crippen LogP contribution in [0.1, 0.15) is 32.3 Å². The molecule has 1 aliphatic rings. The number of nitrogens with zero attached hydrogens (tertiary/aromatic N) is 1. The number of nitrogens with one attached hydrogen (secondary N) is 1. The molecule has 1 aliphatic heterocycles. The predicted molar refractivity (Wildman–Crippen MR) is 77.6 cm³/mol. The molecule has 1 fully saturated rings. The minimum Gasteiger partial charge on any atom is -0.316 e. The summed E-state index contributed by atoms with van der Waals surface area (Å²) in [4.78, 5) is 2.60. The molecule has 100 valence electrons. The maximum Gasteiger partial charge on any atom is 0.0233 e. The molecule has 0 aliphatic carbocycles. The standard InChI is InChI=1S/C16H26N2/c1-4-16(2)13-18(11-10-15(16)17-3)12-14-8-6-5-7-9-14/h5-9,15,17H,4,10-13H2,1-3H3. The zero-order valence-corrected chi connectivity index (χ0v) is 11.9. The van der Waals surface area contributed by atoms with E-state index in [0.29, 0.717) is 11.5 Å². The summed E-state index contributed by atoms with van der Waals surface area (Å²) >= 11 is 0. The summed E-state index contributed by atoms with van der Waals surface area (Å²) in [6.45, 7) is 8.23.